The molecule has 8 nitrogen and oxygen atoms in total. The van der Waals surface area contributed by atoms with Gasteiger partial charge in [-0.15, -0.1) is 0 Å². The summed E-state index contributed by atoms with van der Waals surface area (Å²) in [6.45, 7) is 2.47. The summed E-state index contributed by atoms with van der Waals surface area (Å²) in [6, 6.07) is 7.61. The van der Waals surface area contributed by atoms with Crippen LogP contribution in [-0.4, -0.2) is 84.4 Å². The molecule has 6 rings (SSSR count). The molecular weight excluding hydrogens is 552 g/mol. The maximum atomic E-state index is 13.5. The Morgan fingerprint density at radius 3 is 2.78 bits per heavy atom. The Bertz CT molecular complexity index is 1350. The molecule has 0 aromatic carbocycles. The molecule has 2 saturated carbocycles. The Morgan fingerprint density at radius 1 is 1.32 bits per heavy atom. The van der Waals surface area contributed by atoms with E-state index in [-0.39, 0.29) is 34.1 Å². The van der Waals surface area contributed by atoms with E-state index in [1.54, 1.807) is 12.1 Å². The van der Waals surface area contributed by atoms with Crippen LogP contribution in [0, 0.1) is 35.0 Å². The zero-order valence-corrected chi connectivity index (χ0v) is 21.6. The molecule has 0 spiro atoms. The van der Waals surface area contributed by atoms with Crippen LogP contribution in [0.25, 0.3) is 5.52 Å². The van der Waals surface area contributed by atoms with Gasteiger partial charge in [-0.05, 0) is 0 Å². The number of hydrogen-bond donors (Lipinski definition) is 2. The Morgan fingerprint density at radius 2 is 2.14 bits per heavy atom. The maximum absolute atomic E-state index is 13.5. The van der Waals surface area contributed by atoms with Crippen LogP contribution in [0.3, 0.4) is 0 Å². The van der Waals surface area contributed by atoms with E-state index in [4.69, 9.17) is 4.74 Å². The molecule has 1 amide bonds. The van der Waals surface area contributed by atoms with Crippen LogP contribution in [-0.2, 0) is 9.53 Å². The number of aromatic nitrogens is 2. The van der Waals surface area contributed by atoms with Gasteiger partial charge in [-0.25, -0.2) is 0 Å². The molecule has 194 valence electrons. The molecule has 37 heavy (non-hydrogen) atoms. The number of anilines is 1. The van der Waals surface area contributed by atoms with Crippen LogP contribution in [0.4, 0.5) is 19.0 Å². The number of carbonyl (C=O) groups is 1. The Hall–Kier alpha value is -2.76. The number of fused-ring (bicyclic) bond motifs is 2. The number of amides is 1. The number of rotatable bonds is 6. The molecule has 4 heterocycles. The number of halogens is 3. The van der Waals surface area contributed by atoms with Gasteiger partial charge in [0.2, 0.25) is 0 Å². The number of carbonyl (C=O) groups excluding carboxylic acids is 1. The third-order valence-electron chi connectivity index (χ3n) is 7.71. The fraction of sp³-hybridized carbons (Fsp3) is 0.560. The van der Waals surface area contributed by atoms with E-state index in [2.05, 4.69) is 38.5 Å². The van der Waals surface area contributed by atoms with E-state index in [1.807, 2.05) is 6.07 Å². The Kier molecular flexibility index (Phi) is 5.92. The van der Waals surface area contributed by atoms with Crippen molar-refractivity contribution < 1.29 is 22.7 Å². The minimum absolute atomic E-state index is 0.0414. The molecule has 4 fully saturated rings. The first-order chi connectivity index (χ1) is 17.7. The predicted molar refractivity (Wildman–Crippen MR) is 129 cm³/mol. The number of ether oxygens (including phenoxy) is 1. The van der Waals surface area contributed by atoms with Crippen LogP contribution in [0.2, 0.25) is 0 Å². The van der Waals surface area contributed by atoms with Crippen molar-refractivity contribution in [1.82, 2.24) is 19.8 Å². The number of nitrogens with zero attached hydrogens (tertiary/aromatic N) is 4. The second-order valence-electron chi connectivity index (χ2n) is 10.2. The van der Waals surface area contributed by atoms with Crippen molar-refractivity contribution in [3.8, 4) is 17.9 Å². The van der Waals surface area contributed by atoms with Gasteiger partial charge in [0.25, 0.3) is 0 Å². The monoisotopic (exact) mass is 578 g/mol. The summed E-state index contributed by atoms with van der Waals surface area (Å²) >= 11 is -1.82. The molecule has 2 aliphatic carbocycles. The summed E-state index contributed by atoms with van der Waals surface area (Å²) in [5.74, 6) is 6.50. The van der Waals surface area contributed by atoms with Gasteiger partial charge in [0.1, 0.15) is 0 Å². The summed E-state index contributed by atoms with van der Waals surface area (Å²) in [7, 11) is 0. The molecule has 2 aromatic rings. The summed E-state index contributed by atoms with van der Waals surface area (Å²) in [6.07, 6.45) is 3.49. The first kappa shape index (κ1) is 24.6. The van der Waals surface area contributed by atoms with Crippen LogP contribution in [0.1, 0.15) is 31.4 Å². The number of likely N-dealkylation sites (tertiary alicyclic amines) is 1. The molecule has 2 unspecified atom stereocenters. The van der Waals surface area contributed by atoms with Crippen LogP contribution in [0.5, 0.6) is 0 Å². The molecule has 2 N–H and O–H groups in total. The number of pyridine rings is 1. The SMILES string of the molecule is N#CC1(N2CCC3(Nc4cccc5c([Se]C(F)(F)F)c(C#CCNC(=O)C6CC6)nn45)CC3C2)COC1. The number of piperidine rings is 1. The average Bonchev–Trinajstić information content (AvgIpc) is 3.74. The first-order valence-corrected chi connectivity index (χ1v) is 14.0. The van der Waals surface area contributed by atoms with Crippen molar-refractivity contribution in [2.75, 3.05) is 38.2 Å². The van der Waals surface area contributed by atoms with E-state index in [1.165, 1.54) is 4.52 Å². The fourth-order valence-electron chi connectivity index (χ4n) is 5.28. The van der Waals surface area contributed by atoms with Gasteiger partial charge >= 0.3 is 218 Å². The molecule has 0 bridgehead atoms. The molecule has 2 aromatic heterocycles. The summed E-state index contributed by atoms with van der Waals surface area (Å²) in [5, 5.41) is 16.1. The predicted octanol–water partition coefficient (Wildman–Crippen LogP) is 1.23. The quantitative estimate of drug-likeness (QED) is 0.397. The molecule has 2 aliphatic heterocycles. The van der Waals surface area contributed by atoms with Gasteiger partial charge in [-0.3, -0.25) is 0 Å². The van der Waals surface area contributed by atoms with Gasteiger partial charge in [0.15, 0.2) is 0 Å². The third-order valence-corrected chi connectivity index (χ3v) is 9.47. The minimum atomic E-state index is -4.36. The molecule has 2 saturated heterocycles. The standard InChI is InChI=1S/C25H25F3N6O2Se/c26-25(27,28)37-21-18(3-2-9-30-22(35)16-6-7-16)32-34-19(21)4-1-5-20(34)31-24-8-10-33(12-17(24)11-24)23(13-29)14-36-15-23/h1,4-5,16-17,31H,6-12,14-15H2,(H,30,35). The molecule has 4 aliphatic rings. The molecule has 0 radical (unpaired) electrons. The van der Waals surface area contributed by atoms with Gasteiger partial charge in [-0.2, -0.15) is 0 Å². The van der Waals surface area contributed by atoms with E-state index in [0.717, 1.165) is 38.8 Å². The van der Waals surface area contributed by atoms with Crippen LogP contribution >= 0.6 is 0 Å². The molecule has 12 heteroatoms. The van der Waals surface area contributed by atoms with Crippen molar-refractivity contribution in [2.24, 2.45) is 11.8 Å². The topological polar surface area (TPSA) is 94.7 Å². The second-order valence-corrected chi connectivity index (χ2v) is 12.5. The van der Waals surface area contributed by atoms with Crippen LogP contribution < -0.4 is 15.1 Å². The summed E-state index contributed by atoms with van der Waals surface area (Å²) in [4.78, 5) is 14.0. The third kappa shape index (κ3) is 4.68. The Balaban J connectivity index is 1.23. The zero-order chi connectivity index (χ0) is 25.8. The van der Waals surface area contributed by atoms with Crippen molar-refractivity contribution >= 4 is 36.7 Å². The van der Waals surface area contributed by atoms with Crippen molar-refractivity contribution in [2.45, 2.75) is 41.8 Å². The van der Waals surface area contributed by atoms with Gasteiger partial charge in [0, 0.05) is 0 Å². The van der Waals surface area contributed by atoms with Crippen molar-refractivity contribution in [3.05, 3.63) is 23.9 Å². The van der Waals surface area contributed by atoms with E-state index < -0.39 is 25.6 Å². The van der Waals surface area contributed by atoms with E-state index in [9.17, 15) is 23.2 Å². The average molecular weight is 577 g/mol. The van der Waals surface area contributed by atoms with E-state index in [0.29, 0.717) is 30.5 Å². The first-order valence-electron chi connectivity index (χ1n) is 12.3. The van der Waals surface area contributed by atoms with Crippen LogP contribution in [0.15, 0.2) is 18.2 Å². The van der Waals surface area contributed by atoms with Crippen molar-refractivity contribution in [3.63, 3.8) is 0 Å². The van der Waals surface area contributed by atoms with Gasteiger partial charge < -0.3 is 0 Å². The summed E-state index contributed by atoms with van der Waals surface area (Å²) < 4.78 is 47.4. The molecular formula is C25H25F3N6O2Se. The summed E-state index contributed by atoms with van der Waals surface area (Å²) in [5.41, 5.74) is -0.217. The number of nitrogens with one attached hydrogen (secondary N) is 2. The number of alkyl halides is 3. The molecule has 2 atom stereocenters. The van der Waals surface area contributed by atoms with Gasteiger partial charge in [0.05, 0.1) is 0 Å². The van der Waals surface area contributed by atoms with Gasteiger partial charge in [-0.1, -0.05) is 0 Å². The zero-order valence-electron chi connectivity index (χ0n) is 19.9. The number of nitriles is 1. The Labute approximate surface area is 218 Å². The fourth-order valence-corrected chi connectivity index (χ4v) is 6.70. The number of hydrogen-bond acceptors (Lipinski definition) is 6. The van der Waals surface area contributed by atoms with Crippen molar-refractivity contribution in [1.29, 1.82) is 5.26 Å². The van der Waals surface area contributed by atoms with E-state index >= 15 is 0 Å². The normalized spacial score (nSPS) is 26.3. The second kappa shape index (κ2) is 8.92.